The van der Waals surface area contributed by atoms with Crippen LogP contribution in [-0.4, -0.2) is 20.6 Å². The van der Waals surface area contributed by atoms with Gasteiger partial charge >= 0.3 is 0 Å². The van der Waals surface area contributed by atoms with Gasteiger partial charge in [0, 0.05) is 16.7 Å². The third-order valence-corrected chi connectivity index (χ3v) is 5.68. The van der Waals surface area contributed by atoms with Crippen molar-refractivity contribution in [2.75, 3.05) is 7.05 Å². The van der Waals surface area contributed by atoms with Crippen molar-refractivity contribution in [1.82, 2.24) is 4.72 Å². The number of hydrogen-bond acceptors (Lipinski definition) is 3. The van der Waals surface area contributed by atoms with Gasteiger partial charge in [-0.2, -0.15) is 0 Å². The molecular formula is C22H19NO3S. The third kappa shape index (κ3) is 3.93. The molecule has 0 radical (unpaired) electrons. The summed E-state index contributed by atoms with van der Waals surface area (Å²) in [5.41, 5.74) is -0.0357. The van der Waals surface area contributed by atoms with E-state index < -0.39 is 15.6 Å². The molecule has 0 bridgehead atoms. The number of rotatable bonds is 4. The maximum absolute atomic E-state index is 12.2. The molecule has 27 heavy (non-hydrogen) atoms. The molecule has 4 nitrogen and oxygen atoms in total. The Balaban J connectivity index is 2.18. The van der Waals surface area contributed by atoms with Gasteiger partial charge in [-0.3, -0.25) is 0 Å². The maximum atomic E-state index is 12.2. The SMILES string of the molecule is CNS(=O)(=O)c1ccccc1C#CC(O)(c1ccccc1)c1ccccc1. The quantitative estimate of drug-likeness (QED) is 0.687. The van der Waals surface area contributed by atoms with Crippen LogP contribution in [0, 0.1) is 11.8 Å². The summed E-state index contributed by atoms with van der Waals surface area (Å²) in [5, 5.41) is 11.4. The Morgan fingerprint density at radius 3 is 1.81 bits per heavy atom. The molecule has 0 aliphatic carbocycles. The lowest BCUT2D eigenvalue weighted by Gasteiger charge is -2.23. The lowest BCUT2D eigenvalue weighted by molar-refractivity contribution is 0.145. The van der Waals surface area contributed by atoms with Gasteiger partial charge in [-0.15, -0.1) is 0 Å². The zero-order valence-corrected chi connectivity index (χ0v) is 15.6. The van der Waals surface area contributed by atoms with Crippen molar-refractivity contribution in [3.05, 3.63) is 102 Å². The van der Waals surface area contributed by atoms with E-state index in [4.69, 9.17) is 0 Å². The minimum absolute atomic E-state index is 0.0727. The Morgan fingerprint density at radius 1 is 0.815 bits per heavy atom. The van der Waals surface area contributed by atoms with Crippen LogP contribution in [0.3, 0.4) is 0 Å². The first-order chi connectivity index (χ1) is 13.0. The molecule has 0 fully saturated rings. The molecule has 3 aromatic carbocycles. The average Bonchev–Trinajstić information content (AvgIpc) is 2.73. The number of benzene rings is 3. The minimum Gasteiger partial charge on any atom is -0.369 e. The summed E-state index contributed by atoms with van der Waals surface area (Å²) in [7, 11) is -2.31. The molecule has 0 aromatic heterocycles. The molecule has 0 aliphatic heterocycles. The van der Waals surface area contributed by atoms with E-state index in [1.165, 1.54) is 13.1 Å². The van der Waals surface area contributed by atoms with Crippen molar-refractivity contribution in [2.24, 2.45) is 0 Å². The van der Waals surface area contributed by atoms with Gasteiger partial charge in [0.2, 0.25) is 10.0 Å². The number of nitrogens with one attached hydrogen (secondary N) is 1. The fourth-order valence-electron chi connectivity index (χ4n) is 2.74. The molecule has 3 rings (SSSR count). The molecule has 3 aromatic rings. The molecule has 136 valence electrons. The average molecular weight is 377 g/mol. The van der Waals surface area contributed by atoms with Crippen molar-refractivity contribution in [2.45, 2.75) is 10.5 Å². The first-order valence-corrected chi connectivity index (χ1v) is 9.85. The topological polar surface area (TPSA) is 66.4 Å². The standard InChI is InChI=1S/C22H19NO3S/c1-23-27(25,26)21-15-9-8-10-18(21)16-17-22(24,19-11-4-2-5-12-19)20-13-6-3-7-14-20/h2-15,23-24H,1H3. The van der Waals surface area contributed by atoms with Crippen LogP contribution < -0.4 is 4.72 Å². The Morgan fingerprint density at radius 2 is 1.30 bits per heavy atom. The van der Waals surface area contributed by atoms with Crippen LogP contribution >= 0.6 is 0 Å². The number of hydrogen-bond donors (Lipinski definition) is 2. The zero-order valence-electron chi connectivity index (χ0n) is 14.8. The monoisotopic (exact) mass is 377 g/mol. The molecule has 0 heterocycles. The molecule has 0 aliphatic rings. The van der Waals surface area contributed by atoms with E-state index in [0.717, 1.165) is 0 Å². The smallest absolute Gasteiger partial charge is 0.241 e. The van der Waals surface area contributed by atoms with Crippen molar-refractivity contribution < 1.29 is 13.5 Å². The lowest BCUT2D eigenvalue weighted by Crippen LogP contribution is -2.25. The molecule has 2 N–H and O–H groups in total. The van der Waals surface area contributed by atoms with Crippen molar-refractivity contribution in [3.63, 3.8) is 0 Å². The van der Waals surface area contributed by atoms with E-state index in [9.17, 15) is 13.5 Å². The summed E-state index contributed by atoms with van der Waals surface area (Å²) in [6.07, 6.45) is 0. The lowest BCUT2D eigenvalue weighted by atomic mass is 9.86. The van der Waals surface area contributed by atoms with Crippen LogP contribution in [0.4, 0.5) is 0 Å². The molecule has 0 spiro atoms. The minimum atomic E-state index is -3.66. The predicted molar refractivity (Wildman–Crippen MR) is 105 cm³/mol. The second kappa shape index (κ2) is 7.77. The Hall–Kier alpha value is -2.91. The van der Waals surface area contributed by atoms with Gasteiger partial charge in [-0.05, 0) is 19.2 Å². The number of sulfonamides is 1. The fourth-order valence-corrected chi connectivity index (χ4v) is 3.63. The van der Waals surface area contributed by atoms with Crippen molar-refractivity contribution in [3.8, 4) is 11.8 Å². The van der Waals surface area contributed by atoms with Crippen LogP contribution in [0.25, 0.3) is 0 Å². The Kier molecular flexibility index (Phi) is 5.43. The normalized spacial score (nSPS) is 11.5. The van der Waals surface area contributed by atoms with E-state index in [2.05, 4.69) is 16.6 Å². The maximum Gasteiger partial charge on any atom is 0.241 e. The summed E-state index contributed by atoms with van der Waals surface area (Å²) in [4.78, 5) is 0.0727. The summed E-state index contributed by atoms with van der Waals surface area (Å²) in [5.74, 6) is 5.77. The van der Waals surface area contributed by atoms with Gasteiger partial charge in [-0.25, -0.2) is 13.1 Å². The molecule has 0 saturated heterocycles. The van der Waals surface area contributed by atoms with E-state index in [-0.39, 0.29) is 4.90 Å². The van der Waals surface area contributed by atoms with Gasteiger partial charge in [0.25, 0.3) is 0 Å². The molecule has 0 unspecified atom stereocenters. The largest absolute Gasteiger partial charge is 0.369 e. The third-order valence-electron chi connectivity index (χ3n) is 4.21. The molecular weight excluding hydrogens is 358 g/mol. The first-order valence-electron chi connectivity index (χ1n) is 8.36. The van der Waals surface area contributed by atoms with Crippen LogP contribution in [-0.2, 0) is 15.6 Å². The summed E-state index contributed by atoms with van der Waals surface area (Å²) in [6.45, 7) is 0. The van der Waals surface area contributed by atoms with Crippen LogP contribution in [0.5, 0.6) is 0 Å². The van der Waals surface area contributed by atoms with Gasteiger partial charge in [-0.1, -0.05) is 84.6 Å². The van der Waals surface area contributed by atoms with E-state index >= 15 is 0 Å². The molecule has 0 atom stereocenters. The van der Waals surface area contributed by atoms with Gasteiger partial charge in [0.15, 0.2) is 5.60 Å². The van der Waals surface area contributed by atoms with E-state index in [0.29, 0.717) is 16.7 Å². The van der Waals surface area contributed by atoms with E-state index in [1.54, 1.807) is 42.5 Å². The van der Waals surface area contributed by atoms with Crippen LogP contribution in [0.1, 0.15) is 16.7 Å². The van der Waals surface area contributed by atoms with Crippen LogP contribution in [0.2, 0.25) is 0 Å². The fraction of sp³-hybridized carbons (Fsp3) is 0.0909. The van der Waals surface area contributed by atoms with E-state index in [1.807, 2.05) is 36.4 Å². The highest BCUT2D eigenvalue weighted by atomic mass is 32.2. The van der Waals surface area contributed by atoms with Gasteiger partial charge in [0.05, 0.1) is 4.90 Å². The summed E-state index contributed by atoms with van der Waals surface area (Å²) < 4.78 is 26.8. The summed E-state index contributed by atoms with van der Waals surface area (Å²) in [6, 6.07) is 24.6. The highest BCUT2D eigenvalue weighted by Gasteiger charge is 2.29. The second-order valence-corrected chi connectivity index (χ2v) is 7.75. The van der Waals surface area contributed by atoms with Crippen molar-refractivity contribution in [1.29, 1.82) is 0 Å². The Bertz CT molecular complexity index is 1040. The molecule has 0 saturated carbocycles. The van der Waals surface area contributed by atoms with Crippen molar-refractivity contribution >= 4 is 10.0 Å². The Labute approximate surface area is 159 Å². The second-order valence-electron chi connectivity index (χ2n) is 5.90. The summed E-state index contributed by atoms with van der Waals surface area (Å²) >= 11 is 0. The van der Waals surface area contributed by atoms with Gasteiger partial charge in [0.1, 0.15) is 0 Å². The van der Waals surface area contributed by atoms with Gasteiger partial charge < -0.3 is 5.11 Å². The first kappa shape index (κ1) is 18.9. The van der Waals surface area contributed by atoms with Crippen LogP contribution in [0.15, 0.2) is 89.8 Å². The molecule has 5 heteroatoms. The highest BCUT2D eigenvalue weighted by molar-refractivity contribution is 7.89. The highest BCUT2D eigenvalue weighted by Crippen LogP contribution is 2.29. The molecule has 0 amide bonds. The number of aliphatic hydroxyl groups is 1. The predicted octanol–water partition coefficient (Wildman–Crippen LogP) is 2.88. The zero-order chi connectivity index (χ0) is 19.3.